The number of nitrogens with one attached hydrogen (secondary N) is 1. The van der Waals surface area contributed by atoms with Crippen LogP contribution < -0.4 is 14.8 Å². The zero-order chi connectivity index (χ0) is 37.4. The van der Waals surface area contributed by atoms with Crippen molar-refractivity contribution in [2.45, 2.75) is 76.3 Å². The minimum Gasteiger partial charge on any atom is -0.493 e. The van der Waals surface area contributed by atoms with Crippen LogP contribution in [0.1, 0.15) is 57.6 Å². The van der Waals surface area contributed by atoms with Gasteiger partial charge >= 0.3 is 5.97 Å². The fourth-order valence-electron chi connectivity index (χ4n) is 7.19. The first-order valence-corrected chi connectivity index (χ1v) is 18.8. The zero-order valence-electron chi connectivity index (χ0n) is 30.7. The predicted molar refractivity (Wildman–Crippen MR) is 202 cm³/mol. The highest BCUT2D eigenvalue weighted by Crippen LogP contribution is 2.49. The molecule has 0 spiro atoms. The molecule has 2 aromatic carbocycles. The highest BCUT2D eigenvalue weighted by molar-refractivity contribution is 6.32. The van der Waals surface area contributed by atoms with Crippen LogP contribution in [0.4, 0.5) is 0 Å². The highest BCUT2D eigenvalue weighted by Gasteiger charge is 2.49. The molecule has 2 heterocycles. The van der Waals surface area contributed by atoms with Crippen molar-refractivity contribution in [1.29, 1.82) is 0 Å². The molecule has 0 radical (unpaired) electrons. The molecule has 2 aliphatic heterocycles. The molecule has 3 aliphatic rings. The number of allylic oxidation sites excluding steroid dienone is 2. The Morgan fingerprint density at radius 1 is 0.981 bits per heavy atom. The minimum absolute atomic E-state index is 0.0824. The molecule has 0 bridgehead atoms. The number of ether oxygens (including phenoxy) is 3. The van der Waals surface area contributed by atoms with Crippen molar-refractivity contribution in [3.8, 4) is 11.5 Å². The Morgan fingerprint density at radius 3 is 2.23 bits per heavy atom. The number of rotatable bonds is 19. The smallest absolute Gasteiger partial charge is 0.326 e. The third kappa shape index (κ3) is 9.75. The van der Waals surface area contributed by atoms with E-state index in [-0.39, 0.29) is 25.4 Å². The quantitative estimate of drug-likeness (QED) is 0.131. The van der Waals surface area contributed by atoms with E-state index in [0.717, 1.165) is 63.0 Å². The summed E-state index contributed by atoms with van der Waals surface area (Å²) in [6.07, 6.45) is 8.75. The van der Waals surface area contributed by atoms with Gasteiger partial charge in [-0.15, -0.1) is 0 Å². The summed E-state index contributed by atoms with van der Waals surface area (Å²) in [5.74, 6) is -0.280. The van der Waals surface area contributed by atoms with Gasteiger partial charge in [-0.25, -0.2) is 0 Å². The Bertz CT molecular complexity index is 1550. The van der Waals surface area contributed by atoms with Gasteiger partial charge in [-0.2, -0.15) is 0 Å². The first-order valence-electron chi connectivity index (χ1n) is 18.4. The molecule has 0 aromatic heterocycles. The van der Waals surface area contributed by atoms with E-state index < -0.39 is 29.1 Å². The molecule has 2 unspecified atom stereocenters. The van der Waals surface area contributed by atoms with Gasteiger partial charge in [0.15, 0.2) is 0 Å². The molecule has 4 atom stereocenters. The minimum atomic E-state index is -1.56. The Morgan fingerprint density at radius 2 is 1.63 bits per heavy atom. The Balaban J connectivity index is 1.36. The molecule has 1 aliphatic carbocycles. The number of carboxylic acid groups (broad SMARTS) is 1. The number of aliphatic carboxylic acids is 1. The van der Waals surface area contributed by atoms with Crippen molar-refractivity contribution < 1.29 is 39.4 Å². The lowest BCUT2D eigenvalue weighted by Gasteiger charge is -2.47. The van der Waals surface area contributed by atoms with Crippen molar-refractivity contribution in [2.75, 3.05) is 65.7 Å². The standard InChI is InChI=1S/C40H56ClN3O8/c1-38(2)33(29-10-5-4-6-11-29)12-7-15-40(38,52-21-9-17-44-19-14-32(47)26-44)28-51-36-23-35(50-20-8-16-43-18-13-31(46)25-43)30(22-34(36)41)24-42-39(3,27-45)37(48)49/h4-7,10-12,15,22-23,31-32,42,45-47H,8-9,13-14,16-21,24-28H2,1-3H3,(H,48,49)/t31-,32-,39?,40?/m1/s1. The number of nitrogens with zero attached hydrogens (tertiary/aromatic N) is 2. The van der Waals surface area contributed by atoms with Gasteiger partial charge in [0.1, 0.15) is 29.2 Å². The number of aliphatic hydroxyl groups is 3. The highest BCUT2D eigenvalue weighted by atomic mass is 35.5. The number of halogens is 1. The van der Waals surface area contributed by atoms with Gasteiger partial charge in [0.25, 0.3) is 0 Å². The van der Waals surface area contributed by atoms with Crippen LogP contribution in [-0.2, 0) is 16.1 Å². The Labute approximate surface area is 312 Å². The molecule has 12 heteroatoms. The summed E-state index contributed by atoms with van der Waals surface area (Å²) in [4.78, 5) is 16.4. The summed E-state index contributed by atoms with van der Waals surface area (Å²) in [5, 5.41) is 42.7. The van der Waals surface area contributed by atoms with Crippen molar-refractivity contribution in [3.05, 3.63) is 76.8 Å². The predicted octanol–water partition coefficient (Wildman–Crippen LogP) is 4.37. The summed E-state index contributed by atoms with van der Waals surface area (Å²) >= 11 is 6.88. The summed E-state index contributed by atoms with van der Waals surface area (Å²) < 4.78 is 19.7. The molecule has 52 heavy (non-hydrogen) atoms. The Kier molecular flexibility index (Phi) is 13.8. The normalized spacial score (nSPS) is 24.5. The number of aliphatic hydroxyl groups excluding tert-OH is 3. The molecule has 2 saturated heterocycles. The third-order valence-corrected chi connectivity index (χ3v) is 11.1. The van der Waals surface area contributed by atoms with Crippen LogP contribution in [0.25, 0.3) is 5.57 Å². The molecule has 2 fully saturated rings. The van der Waals surface area contributed by atoms with E-state index in [4.69, 9.17) is 25.8 Å². The maximum atomic E-state index is 11.9. The average Bonchev–Trinajstić information content (AvgIpc) is 3.75. The van der Waals surface area contributed by atoms with Crippen molar-refractivity contribution in [3.63, 3.8) is 0 Å². The second kappa shape index (κ2) is 17.9. The lowest BCUT2D eigenvalue weighted by molar-refractivity contribution is -0.145. The number of benzene rings is 2. The lowest BCUT2D eigenvalue weighted by atomic mass is 9.65. The van der Waals surface area contributed by atoms with Gasteiger partial charge in [-0.3, -0.25) is 10.1 Å². The molecule has 286 valence electrons. The third-order valence-electron chi connectivity index (χ3n) is 10.8. The molecule has 11 nitrogen and oxygen atoms in total. The summed E-state index contributed by atoms with van der Waals surface area (Å²) in [6, 6.07) is 13.7. The van der Waals surface area contributed by atoms with Gasteiger partial charge < -0.3 is 44.4 Å². The van der Waals surface area contributed by atoms with Crippen LogP contribution >= 0.6 is 11.6 Å². The van der Waals surface area contributed by atoms with E-state index in [1.165, 1.54) is 6.92 Å². The topological polar surface area (TPSA) is 144 Å². The monoisotopic (exact) mass is 741 g/mol. The zero-order valence-corrected chi connectivity index (χ0v) is 31.5. The molecule has 5 N–H and O–H groups in total. The second-order valence-electron chi connectivity index (χ2n) is 15.0. The van der Waals surface area contributed by atoms with Crippen LogP contribution in [0.5, 0.6) is 11.5 Å². The van der Waals surface area contributed by atoms with Gasteiger partial charge in [0.05, 0.1) is 30.4 Å². The molecular weight excluding hydrogens is 686 g/mol. The van der Waals surface area contributed by atoms with Crippen LogP contribution in [0.3, 0.4) is 0 Å². The maximum Gasteiger partial charge on any atom is 0.326 e. The SMILES string of the molecule is CC(CO)(NCc1cc(Cl)c(OCC2(OCCCN3CC[C@@H](O)C3)C=CC=C(c3ccccc3)C2(C)C)cc1OCCCN1CC[C@@H](O)C1)C(=O)O. The fraction of sp³-hybridized carbons (Fsp3) is 0.575. The lowest BCUT2D eigenvalue weighted by Crippen LogP contribution is -2.52. The first-order chi connectivity index (χ1) is 24.9. The summed E-state index contributed by atoms with van der Waals surface area (Å²) in [6.45, 7) is 10.9. The van der Waals surface area contributed by atoms with Crippen LogP contribution in [0.2, 0.25) is 5.02 Å². The molecule has 2 aromatic rings. The van der Waals surface area contributed by atoms with E-state index in [1.54, 1.807) is 12.1 Å². The van der Waals surface area contributed by atoms with Crippen molar-refractivity contribution in [2.24, 2.45) is 5.41 Å². The van der Waals surface area contributed by atoms with Gasteiger partial charge in [0.2, 0.25) is 0 Å². The van der Waals surface area contributed by atoms with E-state index in [2.05, 4.69) is 53.2 Å². The number of likely N-dealkylation sites (tertiary alicyclic amines) is 2. The number of carboxylic acids is 1. The van der Waals surface area contributed by atoms with Crippen LogP contribution in [-0.4, -0.2) is 125 Å². The number of hydrogen-bond donors (Lipinski definition) is 5. The molecule has 0 amide bonds. The number of β-amino-alcohol motifs (C(OH)–C–C–N with tert-alkyl or cyclic N) is 2. The molecule has 5 rings (SSSR count). The summed E-state index contributed by atoms with van der Waals surface area (Å²) in [7, 11) is 0. The van der Waals surface area contributed by atoms with Crippen molar-refractivity contribution in [1.82, 2.24) is 15.1 Å². The first kappa shape index (κ1) is 40.2. The number of carbonyl (C=O) groups is 1. The van der Waals surface area contributed by atoms with Crippen LogP contribution in [0, 0.1) is 5.41 Å². The Hall–Kier alpha value is -3.00. The van der Waals surface area contributed by atoms with E-state index in [9.17, 15) is 25.2 Å². The maximum absolute atomic E-state index is 11.9. The fourth-order valence-corrected chi connectivity index (χ4v) is 7.44. The molecular formula is C40H56ClN3O8. The summed E-state index contributed by atoms with van der Waals surface area (Å²) in [5.41, 5.74) is -0.101. The largest absolute Gasteiger partial charge is 0.493 e. The average molecular weight is 742 g/mol. The number of hydrogen-bond acceptors (Lipinski definition) is 10. The van der Waals surface area contributed by atoms with Crippen LogP contribution in [0.15, 0.2) is 60.7 Å². The second-order valence-corrected chi connectivity index (χ2v) is 15.4. The van der Waals surface area contributed by atoms with Crippen molar-refractivity contribution >= 4 is 23.1 Å². The van der Waals surface area contributed by atoms with Gasteiger partial charge in [0, 0.05) is 69.5 Å². The van der Waals surface area contributed by atoms with E-state index in [0.29, 0.717) is 48.4 Å². The van der Waals surface area contributed by atoms with E-state index >= 15 is 0 Å². The van der Waals surface area contributed by atoms with Gasteiger partial charge in [-0.05, 0) is 55.9 Å². The molecule has 0 saturated carbocycles. The van der Waals surface area contributed by atoms with Gasteiger partial charge in [-0.1, -0.05) is 67.9 Å². The van der Waals surface area contributed by atoms with E-state index in [1.807, 2.05) is 24.3 Å².